The molecule has 0 aromatic carbocycles. The van der Waals surface area contributed by atoms with Crippen molar-refractivity contribution in [2.75, 3.05) is 45.2 Å². The van der Waals surface area contributed by atoms with Gasteiger partial charge in [-0.3, -0.25) is 0 Å². The molecule has 1 fully saturated rings. The van der Waals surface area contributed by atoms with Crippen molar-refractivity contribution in [2.24, 2.45) is 11.1 Å². The number of aromatic nitrogens is 2. The first-order valence-corrected chi connectivity index (χ1v) is 7.36. The molecule has 1 atom stereocenters. The molecule has 0 saturated carbocycles. The summed E-state index contributed by atoms with van der Waals surface area (Å²) >= 11 is 0. The number of likely N-dealkylation sites (tertiary alicyclic amines) is 1. The molecule has 5 heteroatoms. The molecule has 0 aliphatic carbocycles. The summed E-state index contributed by atoms with van der Waals surface area (Å²) in [6.45, 7) is 8.30. The zero-order valence-corrected chi connectivity index (χ0v) is 13.2. The summed E-state index contributed by atoms with van der Waals surface area (Å²) in [6.07, 6.45) is 2.05. The Morgan fingerprint density at radius 3 is 2.80 bits per heavy atom. The summed E-state index contributed by atoms with van der Waals surface area (Å²) in [7, 11) is 4.32. The van der Waals surface area contributed by atoms with Crippen LogP contribution < -0.4 is 10.6 Å². The van der Waals surface area contributed by atoms with Crippen LogP contribution in [0.15, 0.2) is 6.07 Å². The Morgan fingerprint density at radius 1 is 1.45 bits per heavy atom. The van der Waals surface area contributed by atoms with Gasteiger partial charge in [0.2, 0.25) is 0 Å². The van der Waals surface area contributed by atoms with Crippen molar-refractivity contribution in [2.45, 2.75) is 26.7 Å². The highest BCUT2D eigenvalue weighted by Crippen LogP contribution is 2.30. The van der Waals surface area contributed by atoms with Gasteiger partial charge in [0.1, 0.15) is 11.6 Å². The lowest BCUT2D eigenvalue weighted by Gasteiger charge is -2.30. The van der Waals surface area contributed by atoms with Crippen LogP contribution in [0.25, 0.3) is 0 Å². The minimum Gasteiger partial charge on any atom is -0.359 e. The van der Waals surface area contributed by atoms with E-state index < -0.39 is 0 Å². The van der Waals surface area contributed by atoms with Crippen molar-refractivity contribution in [1.82, 2.24) is 14.9 Å². The number of hydrogen-bond donors (Lipinski definition) is 1. The standard InChI is InChI=1S/C15H27N5/c1-12-17-13(5-7-16)9-14(18-12)20(4)11-15(2)6-8-19(3)10-15/h9H,5-8,10-11,16H2,1-4H3/t15-/m0/s1. The normalized spacial score (nSPS) is 23.2. The van der Waals surface area contributed by atoms with Gasteiger partial charge in [-0.25, -0.2) is 9.97 Å². The van der Waals surface area contributed by atoms with Gasteiger partial charge in [-0.2, -0.15) is 0 Å². The predicted molar refractivity (Wildman–Crippen MR) is 83.0 cm³/mol. The summed E-state index contributed by atoms with van der Waals surface area (Å²) in [6, 6.07) is 2.07. The predicted octanol–water partition coefficient (Wildman–Crippen LogP) is 1.06. The lowest BCUT2D eigenvalue weighted by Crippen LogP contribution is -2.36. The van der Waals surface area contributed by atoms with Crippen molar-refractivity contribution >= 4 is 5.82 Å². The largest absolute Gasteiger partial charge is 0.359 e. The smallest absolute Gasteiger partial charge is 0.132 e. The first-order valence-electron chi connectivity index (χ1n) is 7.36. The highest BCUT2D eigenvalue weighted by Gasteiger charge is 2.33. The number of hydrogen-bond acceptors (Lipinski definition) is 5. The van der Waals surface area contributed by atoms with Crippen LogP contribution in [0.4, 0.5) is 5.82 Å². The van der Waals surface area contributed by atoms with Crippen molar-refractivity contribution in [3.63, 3.8) is 0 Å². The molecule has 1 aromatic rings. The van der Waals surface area contributed by atoms with Crippen LogP contribution in [0.5, 0.6) is 0 Å². The van der Waals surface area contributed by atoms with E-state index in [1.807, 2.05) is 6.92 Å². The van der Waals surface area contributed by atoms with E-state index >= 15 is 0 Å². The molecule has 5 nitrogen and oxygen atoms in total. The Labute approximate surface area is 122 Å². The Balaban J connectivity index is 2.10. The number of aryl methyl sites for hydroxylation is 1. The zero-order valence-electron chi connectivity index (χ0n) is 13.2. The Kier molecular flexibility index (Phi) is 4.60. The van der Waals surface area contributed by atoms with Crippen LogP contribution in [-0.2, 0) is 6.42 Å². The molecule has 2 rings (SSSR count). The van der Waals surface area contributed by atoms with E-state index in [1.165, 1.54) is 13.0 Å². The molecule has 2 heterocycles. The molecule has 1 aromatic heterocycles. The third-order valence-corrected chi connectivity index (χ3v) is 4.04. The topological polar surface area (TPSA) is 58.3 Å². The van der Waals surface area contributed by atoms with E-state index in [9.17, 15) is 0 Å². The minimum absolute atomic E-state index is 0.344. The SMILES string of the molecule is Cc1nc(CCN)cc(N(C)C[C@@]2(C)CCN(C)C2)n1. The lowest BCUT2D eigenvalue weighted by atomic mass is 9.89. The first-order chi connectivity index (χ1) is 9.42. The third-order valence-electron chi connectivity index (χ3n) is 4.04. The van der Waals surface area contributed by atoms with Crippen LogP contribution in [0.3, 0.4) is 0 Å². The summed E-state index contributed by atoms with van der Waals surface area (Å²) < 4.78 is 0. The fourth-order valence-electron chi connectivity index (χ4n) is 3.14. The molecule has 0 bridgehead atoms. The van der Waals surface area contributed by atoms with Crippen molar-refractivity contribution in [1.29, 1.82) is 0 Å². The average molecular weight is 277 g/mol. The maximum absolute atomic E-state index is 5.63. The van der Waals surface area contributed by atoms with Gasteiger partial charge >= 0.3 is 0 Å². The maximum atomic E-state index is 5.63. The van der Waals surface area contributed by atoms with Gasteiger partial charge in [-0.05, 0) is 38.9 Å². The zero-order chi connectivity index (χ0) is 14.8. The van der Waals surface area contributed by atoms with E-state index in [2.05, 4.69) is 46.9 Å². The number of nitrogens with zero attached hydrogens (tertiary/aromatic N) is 4. The van der Waals surface area contributed by atoms with Gasteiger partial charge in [-0.1, -0.05) is 6.92 Å². The fourth-order valence-corrected chi connectivity index (χ4v) is 3.14. The molecular weight excluding hydrogens is 250 g/mol. The van der Waals surface area contributed by atoms with E-state index in [1.54, 1.807) is 0 Å². The summed E-state index contributed by atoms with van der Waals surface area (Å²) in [5, 5.41) is 0. The molecule has 112 valence electrons. The molecule has 0 radical (unpaired) electrons. The van der Waals surface area contributed by atoms with Crippen molar-refractivity contribution in [3.8, 4) is 0 Å². The summed E-state index contributed by atoms with van der Waals surface area (Å²) in [5.74, 6) is 1.84. The molecule has 1 aliphatic heterocycles. The van der Waals surface area contributed by atoms with Crippen LogP contribution in [-0.4, -0.2) is 55.1 Å². The number of nitrogens with two attached hydrogens (primary N) is 1. The number of anilines is 1. The minimum atomic E-state index is 0.344. The highest BCUT2D eigenvalue weighted by molar-refractivity contribution is 5.39. The molecule has 0 unspecified atom stereocenters. The van der Waals surface area contributed by atoms with Gasteiger partial charge in [0.15, 0.2) is 0 Å². The maximum Gasteiger partial charge on any atom is 0.132 e. The van der Waals surface area contributed by atoms with Crippen LogP contribution in [0, 0.1) is 12.3 Å². The van der Waals surface area contributed by atoms with Crippen LogP contribution >= 0.6 is 0 Å². The molecule has 20 heavy (non-hydrogen) atoms. The van der Waals surface area contributed by atoms with Crippen molar-refractivity contribution < 1.29 is 0 Å². The van der Waals surface area contributed by atoms with Crippen LogP contribution in [0.1, 0.15) is 24.9 Å². The third kappa shape index (κ3) is 3.67. The second-order valence-electron chi connectivity index (χ2n) is 6.46. The quantitative estimate of drug-likeness (QED) is 0.872. The van der Waals surface area contributed by atoms with Crippen molar-refractivity contribution in [3.05, 3.63) is 17.6 Å². The molecular formula is C15H27N5. The molecule has 2 N–H and O–H groups in total. The van der Waals surface area contributed by atoms with E-state index in [0.717, 1.165) is 36.8 Å². The second kappa shape index (κ2) is 6.06. The van der Waals surface area contributed by atoms with Crippen LogP contribution in [0.2, 0.25) is 0 Å². The highest BCUT2D eigenvalue weighted by atomic mass is 15.2. The van der Waals surface area contributed by atoms with Gasteiger partial charge in [0, 0.05) is 38.3 Å². The number of rotatable bonds is 5. The van der Waals surface area contributed by atoms with Gasteiger partial charge in [-0.15, -0.1) is 0 Å². The van der Waals surface area contributed by atoms with E-state index in [-0.39, 0.29) is 0 Å². The summed E-state index contributed by atoms with van der Waals surface area (Å²) in [5.41, 5.74) is 7.01. The molecule has 1 aliphatic rings. The van der Waals surface area contributed by atoms with E-state index in [0.29, 0.717) is 12.0 Å². The Bertz CT molecular complexity index is 462. The molecule has 0 spiro atoms. The van der Waals surface area contributed by atoms with Gasteiger partial charge in [0.25, 0.3) is 0 Å². The second-order valence-corrected chi connectivity index (χ2v) is 6.46. The monoisotopic (exact) mass is 277 g/mol. The summed E-state index contributed by atoms with van der Waals surface area (Å²) in [4.78, 5) is 13.7. The Hall–Kier alpha value is -1.20. The molecule has 1 saturated heterocycles. The van der Waals surface area contributed by atoms with Gasteiger partial charge in [0.05, 0.1) is 0 Å². The fraction of sp³-hybridized carbons (Fsp3) is 0.733. The van der Waals surface area contributed by atoms with E-state index in [4.69, 9.17) is 5.73 Å². The molecule has 0 amide bonds. The Morgan fingerprint density at radius 2 is 2.20 bits per heavy atom. The lowest BCUT2D eigenvalue weighted by molar-refractivity contribution is 0.314. The first kappa shape index (κ1) is 15.2. The van der Waals surface area contributed by atoms with Gasteiger partial charge < -0.3 is 15.5 Å². The average Bonchev–Trinajstić information content (AvgIpc) is 2.68.